The van der Waals surface area contributed by atoms with Crippen molar-refractivity contribution in [2.75, 3.05) is 13.7 Å². The van der Waals surface area contributed by atoms with Crippen LogP contribution in [0.3, 0.4) is 0 Å². The third-order valence-corrected chi connectivity index (χ3v) is 5.86. The van der Waals surface area contributed by atoms with E-state index in [2.05, 4.69) is 22.1 Å². The Labute approximate surface area is 193 Å². The zero-order valence-electron chi connectivity index (χ0n) is 18.7. The molecule has 33 heavy (non-hydrogen) atoms. The molecule has 166 valence electrons. The van der Waals surface area contributed by atoms with Gasteiger partial charge in [-0.15, -0.1) is 0 Å². The fraction of sp³-hybridized carbons (Fsp3) is 0.250. The molecular weight excluding hydrogens is 413 g/mol. The number of hydrogen-bond acceptors (Lipinski definition) is 4. The van der Waals surface area contributed by atoms with Gasteiger partial charge >= 0.3 is 0 Å². The monoisotopic (exact) mass is 439 g/mol. The lowest BCUT2D eigenvalue weighted by atomic mass is 9.98. The number of halogens is 1. The number of rotatable bonds is 9. The summed E-state index contributed by atoms with van der Waals surface area (Å²) in [5.74, 6) is 0.656. The largest absolute Gasteiger partial charge is 0.384 e. The third-order valence-electron chi connectivity index (χ3n) is 5.86. The zero-order chi connectivity index (χ0) is 23.0. The van der Waals surface area contributed by atoms with Crippen LogP contribution in [0.4, 0.5) is 4.39 Å². The molecular formula is C28H26FN3O. The van der Waals surface area contributed by atoms with Gasteiger partial charge in [0.1, 0.15) is 11.6 Å². The summed E-state index contributed by atoms with van der Waals surface area (Å²) in [6.45, 7) is 0.660. The SMILES string of the molecule is COCCc1cnc(CCc2ccc3c(F)c(CCc4ccc(C#N)cc4)ccc3c2)nc1. The van der Waals surface area contributed by atoms with Crippen molar-refractivity contribution in [3.05, 3.63) is 106 Å². The summed E-state index contributed by atoms with van der Waals surface area (Å²) in [5.41, 5.74) is 4.65. The number of methoxy groups -OCH3 is 1. The van der Waals surface area contributed by atoms with E-state index >= 15 is 4.39 Å². The molecule has 4 nitrogen and oxygen atoms in total. The lowest BCUT2D eigenvalue weighted by Gasteiger charge is -2.09. The van der Waals surface area contributed by atoms with E-state index in [1.54, 1.807) is 19.2 Å². The van der Waals surface area contributed by atoms with E-state index in [1.165, 1.54) is 0 Å². The van der Waals surface area contributed by atoms with Gasteiger partial charge in [0.05, 0.1) is 18.2 Å². The fourth-order valence-electron chi connectivity index (χ4n) is 3.88. The Morgan fingerprint density at radius 1 is 0.818 bits per heavy atom. The molecule has 4 rings (SSSR count). The van der Waals surface area contributed by atoms with Crippen LogP contribution < -0.4 is 0 Å². The highest BCUT2D eigenvalue weighted by Gasteiger charge is 2.09. The minimum Gasteiger partial charge on any atom is -0.384 e. The molecule has 0 bridgehead atoms. The molecule has 0 amide bonds. The number of nitrogens with zero attached hydrogens (tertiary/aromatic N) is 3. The predicted molar refractivity (Wildman–Crippen MR) is 127 cm³/mol. The van der Waals surface area contributed by atoms with E-state index in [4.69, 9.17) is 10.00 Å². The molecule has 0 aliphatic rings. The van der Waals surface area contributed by atoms with Crippen LogP contribution in [0.2, 0.25) is 0 Å². The zero-order valence-corrected chi connectivity index (χ0v) is 18.7. The predicted octanol–water partition coefficient (Wildman–Crippen LogP) is 5.40. The molecule has 0 atom stereocenters. The molecule has 0 aliphatic heterocycles. The maximum atomic E-state index is 15.1. The molecule has 0 saturated carbocycles. The van der Waals surface area contributed by atoms with Gasteiger partial charge in [0, 0.05) is 31.3 Å². The summed E-state index contributed by atoms with van der Waals surface area (Å²) < 4.78 is 20.2. The van der Waals surface area contributed by atoms with E-state index in [0.29, 0.717) is 29.5 Å². The Hall–Kier alpha value is -3.62. The quantitative estimate of drug-likeness (QED) is 0.350. The lowest BCUT2D eigenvalue weighted by molar-refractivity contribution is 0.202. The highest BCUT2D eigenvalue weighted by atomic mass is 19.1. The van der Waals surface area contributed by atoms with Crippen molar-refractivity contribution in [3.8, 4) is 6.07 Å². The molecule has 3 aromatic carbocycles. The van der Waals surface area contributed by atoms with Gasteiger partial charge in [0.15, 0.2) is 0 Å². The van der Waals surface area contributed by atoms with Crippen LogP contribution in [0.1, 0.15) is 33.6 Å². The van der Waals surface area contributed by atoms with E-state index in [-0.39, 0.29) is 5.82 Å². The first-order chi connectivity index (χ1) is 16.2. The topological polar surface area (TPSA) is 58.8 Å². The Balaban J connectivity index is 1.40. The number of fused-ring (bicyclic) bond motifs is 1. The molecule has 0 spiro atoms. The van der Waals surface area contributed by atoms with Crippen molar-refractivity contribution < 1.29 is 9.13 Å². The highest BCUT2D eigenvalue weighted by Crippen LogP contribution is 2.24. The molecule has 0 saturated heterocycles. The summed E-state index contributed by atoms with van der Waals surface area (Å²) >= 11 is 0. The van der Waals surface area contributed by atoms with Crippen LogP contribution in [0.5, 0.6) is 0 Å². The number of ether oxygens (including phenoxy) is 1. The van der Waals surface area contributed by atoms with Crippen molar-refractivity contribution in [1.29, 1.82) is 5.26 Å². The first-order valence-corrected chi connectivity index (χ1v) is 11.1. The van der Waals surface area contributed by atoms with E-state index in [1.807, 2.05) is 48.8 Å². The summed E-state index contributed by atoms with van der Waals surface area (Å²) in [6.07, 6.45) is 7.41. The summed E-state index contributed by atoms with van der Waals surface area (Å²) in [4.78, 5) is 8.89. The van der Waals surface area contributed by atoms with Gasteiger partial charge in [-0.25, -0.2) is 14.4 Å². The molecule has 0 radical (unpaired) electrons. The van der Waals surface area contributed by atoms with E-state index < -0.39 is 0 Å². The van der Waals surface area contributed by atoms with Crippen molar-refractivity contribution in [1.82, 2.24) is 9.97 Å². The Morgan fingerprint density at radius 2 is 1.55 bits per heavy atom. The molecule has 0 fully saturated rings. The van der Waals surface area contributed by atoms with Crippen LogP contribution in [-0.4, -0.2) is 23.7 Å². The lowest BCUT2D eigenvalue weighted by Crippen LogP contribution is -2.01. The second-order valence-corrected chi connectivity index (χ2v) is 8.15. The van der Waals surface area contributed by atoms with E-state index in [0.717, 1.165) is 53.6 Å². The van der Waals surface area contributed by atoms with Crippen LogP contribution in [0, 0.1) is 17.1 Å². The van der Waals surface area contributed by atoms with Crippen molar-refractivity contribution in [2.24, 2.45) is 0 Å². The normalized spacial score (nSPS) is 10.9. The number of aromatic nitrogens is 2. The molecule has 1 aromatic heterocycles. The van der Waals surface area contributed by atoms with Gasteiger partial charge in [0.2, 0.25) is 0 Å². The first kappa shape index (κ1) is 22.6. The van der Waals surface area contributed by atoms with Gasteiger partial charge in [-0.05, 0) is 65.5 Å². The second-order valence-electron chi connectivity index (χ2n) is 8.15. The summed E-state index contributed by atoms with van der Waals surface area (Å²) in [6, 6.07) is 19.4. The van der Waals surface area contributed by atoms with Gasteiger partial charge in [-0.3, -0.25) is 0 Å². The van der Waals surface area contributed by atoms with Crippen LogP contribution in [0.25, 0.3) is 10.8 Å². The third kappa shape index (κ3) is 5.79. The van der Waals surface area contributed by atoms with Gasteiger partial charge in [-0.2, -0.15) is 5.26 Å². The first-order valence-electron chi connectivity index (χ1n) is 11.1. The smallest absolute Gasteiger partial charge is 0.134 e. The molecule has 0 unspecified atom stereocenters. The van der Waals surface area contributed by atoms with Gasteiger partial charge in [-0.1, -0.05) is 42.5 Å². The fourth-order valence-corrected chi connectivity index (χ4v) is 3.88. The Morgan fingerprint density at radius 3 is 2.27 bits per heavy atom. The van der Waals surface area contributed by atoms with E-state index in [9.17, 15) is 0 Å². The van der Waals surface area contributed by atoms with Crippen molar-refractivity contribution in [2.45, 2.75) is 32.1 Å². The standard InChI is InChI=1S/C28H26FN3O/c1-33-15-14-23-18-31-27(32-19-23)13-8-21-7-12-26-25(16-21)11-10-24(28(26)29)9-6-20-2-4-22(17-30)5-3-20/h2-5,7,10-12,16,18-19H,6,8-9,13-15H2,1H3. The maximum absolute atomic E-state index is 15.1. The summed E-state index contributed by atoms with van der Waals surface area (Å²) in [5, 5.41) is 10.5. The Bertz CT molecular complexity index is 1260. The van der Waals surface area contributed by atoms with Gasteiger partial charge < -0.3 is 4.74 Å². The van der Waals surface area contributed by atoms with Crippen LogP contribution in [-0.2, 0) is 36.8 Å². The average molecular weight is 440 g/mol. The number of nitriles is 1. The second kappa shape index (κ2) is 10.8. The van der Waals surface area contributed by atoms with Crippen molar-refractivity contribution >= 4 is 10.8 Å². The highest BCUT2D eigenvalue weighted by molar-refractivity contribution is 5.84. The number of hydrogen-bond donors (Lipinski definition) is 0. The van der Waals surface area contributed by atoms with Crippen LogP contribution >= 0.6 is 0 Å². The number of benzene rings is 3. The van der Waals surface area contributed by atoms with Crippen molar-refractivity contribution in [3.63, 3.8) is 0 Å². The molecule has 0 aliphatic carbocycles. The molecule has 5 heteroatoms. The Kier molecular flexibility index (Phi) is 7.39. The van der Waals surface area contributed by atoms with Gasteiger partial charge in [0.25, 0.3) is 0 Å². The maximum Gasteiger partial charge on any atom is 0.134 e. The minimum absolute atomic E-state index is 0.150. The minimum atomic E-state index is -0.150. The average Bonchev–Trinajstić information content (AvgIpc) is 2.86. The molecule has 0 N–H and O–H groups in total. The summed E-state index contributed by atoms with van der Waals surface area (Å²) in [7, 11) is 1.68. The molecule has 1 heterocycles. The molecule has 4 aromatic rings. The van der Waals surface area contributed by atoms with Crippen LogP contribution in [0.15, 0.2) is 67.0 Å². The number of aryl methyl sites for hydroxylation is 4.